The van der Waals surface area contributed by atoms with Gasteiger partial charge in [-0.15, -0.1) is 0 Å². The van der Waals surface area contributed by atoms with E-state index < -0.39 is 112 Å². The number of hydrogen-bond donors (Lipinski definition) is 4. The van der Waals surface area contributed by atoms with Crippen LogP contribution in [0.4, 0.5) is 4.79 Å². The number of aliphatic hydroxyl groups is 2. The number of rotatable bonds is 9. The molecule has 4 aliphatic rings. The van der Waals surface area contributed by atoms with E-state index in [2.05, 4.69) is 10.6 Å². The summed E-state index contributed by atoms with van der Waals surface area (Å²) in [5.41, 5.74) is -7.18. The van der Waals surface area contributed by atoms with Crippen LogP contribution in [0.2, 0.25) is 0 Å². The Morgan fingerprint density at radius 2 is 1.52 bits per heavy atom. The van der Waals surface area contributed by atoms with Gasteiger partial charge in [-0.05, 0) is 63.5 Å². The summed E-state index contributed by atoms with van der Waals surface area (Å²) < 4.78 is 30.3. The molecular weight excluding hydrogens is 776 g/mol. The third kappa shape index (κ3) is 7.74. The van der Waals surface area contributed by atoms with Gasteiger partial charge in [0.1, 0.15) is 23.9 Å². The van der Waals surface area contributed by atoms with Crippen LogP contribution in [0.3, 0.4) is 0 Å². The van der Waals surface area contributed by atoms with Crippen molar-refractivity contribution in [3.8, 4) is 0 Å². The number of fused-ring (bicyclic) bond motifs is 5. The van der Waals surface area contributed by atoms with E-state index in [1.54, 1.807) is 109 Å². The molecule has 322 valence electrons. The highest BCUT2D eigenvalue weighted by molar-refractivity contribution is 5.96. The van der Waals surface area contributed by atoms with E-state index >= 15 is 4.79 Å². The van der Waals surface area contributed by atoms with Gasteiger partial charge in [0.25, 0.3) is 0 Å². The fraction of sp³-hybridized carbons (Fsp3) is 0.511. The minimum absolute atomic E-state index is 0.0772. The molecule has 2 aromatic rings. The molecule has 2 bridgehead atoms. The van der Waals surface area contributed by atoms with Crippen LogP contribution in [0.25, 0.3) is 0 Å². The minimum Gasteiger partial charge on any atom is -0.456 e. The maximum Gasteiger partial charge on any atom is 0.338 e. The Hall–Kier alpha value is -5.38. The lowest BCUT2D eigenvalue weighted by molar-refractivity contribution is -0.306. The van der Waals surface area contributed by atoms with Crippen molar-refractivity contribution in [2.24, 2.45) is 16.7 Å². The van der Waals surface area contributed by atoms with E-state index in [-0.39, 0.29) is 23.3 Å². The molecule has 60 heavy (non-hydrogen) atoms. The highest BCUT2D eigenvalue weighted by Gasteiger charge is 2.75. The molecule has 0 spiro atoms. The number of urea groups is 1. The fourth-order valence-electron chi connectivity index (χ4n) is 9.44. The summed E-state index contributed by atoms with van der Waals surface area (Å²) in [4.78, 5) is 82.8. The van der Waals surface area contributed by atoms with Crippen molar-refractivity contribution in [2.75, 3.05) is 6.61 Å². The fourth-order valence-corrected chi connectivity index (χ4v) is 9.44. The van der Waals surface area contributed by atoms with Gasteiger partial charge in [-0.25, -0.2) is 14.4 Å². The third-order valence-corrected chi connectivity index (χ3v) is 12.3. The van der Waals surface area contributed by atoms with Crippen LogP contribution < -0.4 is 10.6 Å². The number of aliphatic hydroxyl groups excluding tert-OH is 1. The minimum atomic E-state index is -2.30. The summed E-state index contributed by atoms with van der Waals surface area (Å²) in [6.45, 7) is 13.7. The maximum absolute atomic E-state index is 15.4. The molecule has 15 heteroatoms. The summed E-state index contributed by atoms with van der Waals surface area (Å²) in [5, 5.41) is 30.7. The van der Waals surface area contributed by atoms with E-state index in [9.17, 15) is 34.2 Å². The van der Waals surface area contributed by atoms with Crippen LogP contribution in [0.5, 0.6) is 0 Å². The molecule has 2 amide bonds. The van der Waals surface area contributed by atoms with Crippen molar-refractivity contribution >= 4 is 35.7 Å². The van der Waals surface area contributed by atoms with Gasteiger partial charge in [-0.2, -0.15) is 0 Å². The van der Waals surface area contributed by atoms with E-state index in [1.165, 1.54) is 19.1 Å². The number of amides is 2. The molecule has 1 heterocycles. The van der Waals surface area contributed by atoms with Gasteiger partial charge < -0.3 is 44.5 Å². The monoisotopic (exact) mass is 830 g/mol. The Kier molecular flexibility index (Phi) is 11.7. The molecule has 15 nitrogen and oxygen atoms in total. The second kappa shape index (κ2) is 15.9. The number of Topliss-reactive ketones (excluding diaryl/α,β-unsaturated/α-hetero) is 1. The number of carbonyl (C=O) groups is 6. The molecule has 4 N–H and O–H groups in total. The lowest BCUT2D eigenvalue weighted by Gasteiger charge is -2.65. The Morgan fingerprint density at radius 1 is 0.900 bits per heavy atom. The molecule has 2 aromatic carbocycles. The number of carbonyl (C=O) groups excluding carboxylic acids is 6. The number of hydrogen-bond acceptors (Lipinski definition) is 13. The van der Waals surface area contributed by atoms with Crippen molar-refractivity contribution in [1.29, 1.82) is 0 Å². The Bertz CT molecular complexity index is 2110. The smallest absolute Gasteiger partial charge is 0.338 e. The van der Waals surface area contributed by atoms with Crippen LogP contribution in [-0.4, -0.2) is 99.8 Å². The summed E-state index contributed by atoms with van der Waals surface area (Å²) in [7, 11) is 0. The Balaban J connectivity index is 1.52. The molecule has 0 radical (unpaired) electrons. The van der Waals surface area contributed by atoms with Crippen LogP contribution in [0.1, 0.15) is 90.7 Å². The second-order valence-corrected chi connectivity index (χ2v) is 17.9. The molecule has 1 aliphatic heterocycles. The number of nitrogens with one attached hydrogen (secondary N) is 2. The van der Waals surface area contributed by atoms with Gasteiger partial charge in [0.15, 0.2) is 23.6 Å². The van der Waals surface area contributed by atoms with Crippen molar-refractivity contribution in [1.82, 2.24) is 10.6 Å². The zero-order chi connectivity index (χ0) is 44.2. The lowest BCUT2D eigenvalue weighted by atomic mass is 9.46. The Morgan fingerprint density at radius 3 is 2.07 bits per heavy atom. The zero-order valence-corrected chi connectivity index (χ0v) is 35.3. The van der Waals surface area contributed by atoms with Gasteiger partial charge in [0.2, 0.25) is 0 Å². The molecule has 10 atom stereocenters. The number of ketones is 1. The first-order valence-corrected chi connectivity index (χ1v) is 19.9. The quantitative estimate of drug-likeness (QED) is 0.159. The van der Waals surface area contributed by atoms with E-state index in [4.69, 9.17) is 23.7 Å². The van der Waals surface area contributed by atoms with Crippen molar-refractivity contribution in [2.45, 2.75) is 122 Å². The lowest BCUT2D eigenvalue weighted by Crippen LogP contribution is -2.78. The van der Waals surface area contributed by atoms with E-state index in [0.717, 1.165) is 6.92 Å². The normalized spacial score (nSPS) is 31.3. The second-order valence-electron chi connectivity index (χ2n) is 17.9. The summed E-state index contributed by atoms with van der Waals surface area (Å²) in [5.74, 6) is -5.69. The zero-order valence-electron chi connectivity index (χ0n) is 35.3. The maximum atomic E-state index is 15.4. The molecule has 3 aliphatic carbocycles. The van der Waals surface area contributed by atoms with Gasteiger partial charge in [0.05, 0.1) is 29.5 Å². The predicted octanol–water partition coefficient (Wildman–Crippen LogP) is 4.21. The molecule has 0 unspecified atom stereocenters. The largest absolute Gasteiger partial charge is 0.456 e. The average molecular weight is 831 g/mol. The summed E-state index contributed by atoms with van der Waals surface area (Å²) in [6, 6.07) is 14.3. The molecular formula is C45H54N2O13. The predicted molar refractivity (Wildman–Crippen MR) is 214 cm³/mol. The molecule has 2 fully saturated rings. The SMILES string of the molecule is CC(=O)O[C@H]1C(=O)[C@]2(C)C=C[C@H]3OC[C@@]3(OC(C)=O)[C@H]2[C@H](OC(=O)c2ccccc2)[C@]2(O)C[C@H](OC(=O)[C@H](O)[C@@H](NC(=O)NC(C)(C)C)c3ccccc3)C(C)=C1C2(C)C. The van der Waals surface area contributed by atoms with Crippen LogP contribution in [0, 0.1) is 16.7 Å². The topological polar surface area (TPSA) is 213 Å². The van der Waals surface area contributed by atoms with Crippen LogP contribution in [-0.2, 0) is 42.9 Å². The number of esters is 4. The molecule has 6 rings (SSSR count). The van der Waals surface area contributed by atoms with Crippen LogP contribution >= 0.6 is 0 Å². The summed E-state index contributed by atoms with van der Waals surface area (Å²) in [6.07, 6.45) is -5.12. The standard InChI is InChI=1S/C45H54N2O13/c1-24-29(58-39(53)33(50)32(27-16-12-10-13-17-27)46-40(54)47-41(4,5)6)22-45(55)37(59-38(52)28-18-14-11-15-19-28)35-43(9,21-20-30-44(35,23-56-30)60-26(3)49)36(51)34(57-25(2)48)31(24)42(45,7)8/h10-21,29-30,32-35,37,50,55H,22-23H2,1-9H3,(H2,46,47,54)/t29-,30+,32-,33+,34+,35-,37-,43+,44-,45+/m0/s1. The number of ether oxygens (including phenoxy) is 5. The van der Waals surface area contributed by atoms with Gasteiger partial charge in [0, 0.05) is 31.2 Å². The highest BCUT2D eigenvalue weighted by atomic mass is 16.6. The van der Waals surface area contributed by atoms with E-state index in [1.807, 2.05) is 0 Å². The van der Waals surface area contributed by atoms with Gasteiger partial charge in [-0.3, -0.25) is 14.4 Å². The van der Waals surface area contributed by atoms with Crippen molar-refractivity contribution in [3.63, 3.8) is 0 Å². The van der Waals surface area contributed by atoms with Crippen molar-refractivity contribution in [3.05, 3.63) is 95.1 Å². The molecule has 1 saturated carbocycles. The van der Waals surface area contributed by atoms with Crippen LogP contribution in [0.15, 0.2) is 84.0 Å². The Labute approximate surface area is 348 Å². The first-order valence-electron chi connectivity index (χ1n) is 19.9. The first-order chi connectivity index (χ1) is 28.0. The van der Waals surface area contributed by atoms with Crippen molar-refractivity contribution < 1.29 is 62.7 Å². The molecule has 0 aromatic heterocycles. The average Bonchev–Trinajstić information content (AvgIpc) is 3.15. The van der Waals surface area contributed by atoms with E-state index in [0.29, 0.717) is 5.56 Å². The third-order valence-electron chi connectivity index (χ3n) is 12.3. The number of benzene rings is 2. The number of allylic oxidation sites excluding steroid dienone is 1. The van der Waals surface area contributed by atoms with Gasteiger partial charge >= 0.3 is 29.9 Å². The highest BCUT2D eigenvalue weighted by Crippen LogP contribution is 2.63. The molecule has 1 saturated heterocycles. The summed E-state index contributed by atoms with van der Waals surface area (Å²) >= 11 is 0. The van der Waals surface area contributed by atoms with Gasteiger partial charge in [-0.1, -0.05) is 74.5 Å². The first kappa shape index (κ1) is 44.2.